The predicted molar refractivity (Wildman–Crippen MR) is 133 cm³/mol. The van der Waals surface area contributed by atoms with Gasteiger partial charge < -0.3 is 9.64 Å². The predicted octanol–water partition coefficient (Wildman–Crippen LogP) is 4.61. The van der Waals surface area contributed by atoms with E-state index in [2.05, 4.69) is 30.6 Å². The van der Waals surface area contributed by atoms with Crippen molar-refractivity contribution in [3.8, 4) is 5.75 Å². The average Bonchev–Trinajstić information content (AvgIpc) is 2.84. The Balaban J connectivity index is 1.67. The Morgan fingerprint density at radius 1 is 1.11 bits per heavy atom. The van der Waals surface area contributed by atoms with Crippen molar-refractivity contribution in [1.82, 2.24) is 14.9 Å². The smallest absolute Gasteiger partial charge is 0.264 e. The van der Waals surface area contributed by atoms with Gasteiger partial charge in [0.25, 0.3) is 15.9 Å². The van der Waals surface area contributed by atoms with E-state index < -0.39 is 21.7 Å². The van der Waals surface area contributed by atoms with Gasteiger partial charge in [-0.2, -0.15) is 0 Å². The van der Waals surface area contributed by atoms with Gasteiger partial charge in [0.1, 0.15) is 22.0 Å². The van der Waals surface area contributed by atoms with E-state index in [-0.39, 0.29) is 28.2 Å². The largest absolute Gasteiger partial charge is 0.496 e. The number of nitrogens with zero attached hydrogens (tertiary/aromatic N) is 3. The average molecular weight is 559 g/mol. The van der Waals surface area contributed by atoms with Crippen molar-refractivity contribution in [3.63, 3.8) is 0 Å². The quantitative estimate of drug-likeness (QED) is 0.355. The first-order chi connectivity index (χ1) is 16.7. The third kappa shape index (κ3) is 5.25. The molecule has 3 aromatic carbocycles. The van der Waals surface area contributed by atoms with Crippen molar-refractivity contribution >= 4 is 48.6 Å². The van der Waals surface area contributed by atoms with Gasteiger partial charge in [-0.15, -0.1) is 0 Å². The van der Waals surface area contributed by atoms with Crippen LogP contribution in [0.3, 0.4) is 0 Å². The molecule has 4 aromatic rings. The second-order valence-electron chi connectivity index (χ2n) is 7.59. The molecule has 1 heterocycles. The van der Waals surface area contributed by atoms with E-state index in [9.17, 15) is 17.6 Å². The van der Waals surface area contributed by atoms with E-state index in [1.807, 2.05) is 0 Å². The van der Waals surface area contributed by atoms with Crippen molar-refractivity contribution in [3.05, 3.63) is 88.4 Å². The van der Waals surface area contributed by atoms with E-state index in [0.717, 1.165) is 0 Å². The number of ether oxygens (including phenoxy) is 1. The number of hydrogen-bond donors (Lipinski definition) is 1. The molecule has 0 atom stereocenters. The molecule has 1 amide bonds. The van der Waals surface area contributed by atoms with Gasteiger partial charge in [-0.1, -0.05) is 28.1 Å². The van der Waals surface area contributed by atoms with Crippen LogP contribution in [-0.4, -0.2) is 43.4 Å². The molecule has 1 aromatic heterocycles. The lowest BCUT2D eigenvalue weighted by molar-refractivity contribution is 0.0785. The van der Waals surface area contributed by atoms with Crippen LogP contribution in [0, 0.1) is 5.82 Å². The van der Waals surface area contributed by atoms with Crippen LogP contribution in [0.4, 0.5) is 10.1 Å². The summed E-state index contributed by atoms with van der Waals surface area (Å²) in [5, 5.41) is 0. The number of halogens is 2. The zero-order valence-corrected chi connectivity index (χ0v) is 21.1. The normalized spacial score (nSPS) is 11.3. The summed E-state index contributed by atoms with van der Waals surface area (Å²) < 4.78 is 48.5. The van der Waals surface area contributed by atoms with E-state index >= 15 is 0 Å². The summed E-state index contributed by atoms with van der Waals surface area (Å²) in [6.45, 7) is 0.115. The summed E-state index contributed by atoms with van der Waals surface area (Å²) in [5.74, 6) is -0.597. The Morgan fingerprint density at radius 2 is 1.89 bits per heavy atom. The standard InChI is InChI=1S/C24H20BrFN4O4S/c1-30(14-15-6-8-17(26)13-21(15)34-2)24(31)18-9-7-16(25)12-20(18)29-35(32,33)22-5-3-4-19-23(22)28-11-10-27-19/h3-13,29H,14H2,1-2H3. The topological polar surface area (TPSA) is 101 Å². The van der Waals surface area contributed by atoms with Gasteiger partial charge in [0, 0.05) is 42.1 Å². The molecular weight excluding hydrogens is 539 g/mol. The molecule has 0 aliphatic heterocycles. The highest BCUT2D eigenvalue weighted by Crippen LogP contribution is 2.28. The summed E-state index contributed by atoms with van der Waals surface area (Å²) >= 11 is 3.33. The molecule has 0 aliphatic rings. The summed E-state index contributed by atoms with van der Waals surface area (Å²) in [7, 11) is -1.14. The summed E-state index contributed by atoms with van der Waals surface area (Å²) in [6.07, 6.45) is 2.89. The summed E-state index contributed by atoms with van der Waals surface area (Å²) in [4.78, 5) is 23.0. The van der Waals surface area contributed by atoms with E-state index in [1.165, 1.54) is 60.8 Å². The number of carbonyl (C=O) groups is 1. The molecule has 0 fully saturated rings. The van der Waals surface area contributed by atoms with E-state index in [1.54, 1.807) is 25.2 Å². The molecule has 11 heteroatoms. The lowest BCUT2D eigenvalue weighted by atomic mass is 10.1. The van der Waals surface area contributed by atoms with Crippen molar-refractivity contribution in [2.45, 2.75) is 11.4 Å². The molecule has 0 saturated carbocycles. The van der Waals surface area contributed by atoms with Gasteiger partial charge in [0.2, 0.25) is 0 Å². The number of anilines is 1. The zero-order valence-electron chi connectivity index (χ0n) is 18.7. The van der Waals surface area contributed by atoms with Crippen LogP contribution in [0.2, 0.25) is 0 Å². The molecular formula is C24H20BrFN4O4S. The Hall–Kier alpha value is -3.57. The first-order valence-corrected chi connectivity index (χ1v) is 12.6. The Morgan fingerprint density at radius 3 is 2.66 bits per heavy atom. The van der Waals surface area contributed by atoms with Crippen LogP contribution in [-0.2, 0) is 16.6 Å². The third-order valence-electron chi connectivity index (χ3n) is 5.21. The highest BCUT2D eigenvalue weighted by atomic mass is 79.9. The number of aromatic nitrogens is 2. The minimum atomic E-state index is -4.12. The highest BCUT2D eigenvalue weighted by molar-refractivity contribution is 9.10. The molecule has 0 spiro atoms. The maximum Gasteiger partial charge on any atom is 0.264 e. The lowest BCUT2D eigenvalue weighted by Gasteiger charge is -2.21. The van der Waals surface area contributed by atoms with Gasteiger partial charge >= 0.3 is 0 Å². The molecule has 35 heavy (non-hydrogen) atoms. The molecule has 0 unspecified atom stereocenters. The van der Waals surface area contributed by atoms with Crippen LogP contribution in [0.25, 0.3) is 11.0 Å². The Kier molecular flexibility index (Phi) is 6.99. The maximum absolute atomic E-state index is 13.5. The number of fused-ring (bicyclic) bond motifs is 1. The third-order valence-corrected chi connectivity index (χ3v) is 7.10. The monoisotopic (exact) mass is 558 g/mol. The molecule has 8 nitrogen and oxygen atoms in total. The number of sulfonamides is 1. The Labute approximate surface area is 210 Å². The van der Waals surface area contributed by atoms with Crippen LogP contribution in [0.15, 0.2) is 76.4 Å². The molecule has 0 bridgehead atoms. The van der Waals surface area contributed by atoms with Crippen molar-refractivity contribution < 1.29 is 22.3 Å². The number of rotatable bonds is 7. The van der Waals surface area contributed by atoms with Crippen molar-refractivity contribution in [2.75, 3.05) is 18.9 Å². The van der Waals surface area contributed by atoms with Gasteiger partial charge in [0.15, 0.2) is 0 Å². The second-order valence-corrected chi connectivity index (χ2v) is 10.2. The molecule has 0 saturated heterocycles. The lowest BCUT2D eigenvalue weighted by Crippen LogP contribution is -2.28. The van der Waals surface area contributed by atoms with Crippen LogP contribution in [0.5, 0.6) is 5.75 Å². The minimum Gasteiger partial charge on any atom is -0.496 e. The molecule has 0 aliphatic carbocycles. The molecule has 1 N–H and O–H groups in total. The van der Waals surface area contributed by atoms with Gasteiger partial charge in [0.05, 0.1) is 23.9 Å². The Bertz CT molecular complexity index is 1530. The minimum absolute atomic E-state index is 0.0640. The number of hydrogen-bond acceptors (Lipinski definition) is 6. The number of nitrogens with one attached hydrogen (secondary N) is 1. The van der Waals surface area contributed by atoms with Crippen molar-refractivity contribution in [2.24, 2.45) is 0 Å². The highest BCUT2D eigenvalue weighted by Gasteiger charge is 2.24. The van der Waals surface area contributed by atoms with Crippen LogP contribution < -0.4 is 9.46 Å². The number of para-hydroxylation sites is 1. The fourth-order valence-electron chi connectivity index (χ4n) is 3.55. The number of carbonyl (C=O) groups excluding carboxylic acids is 1. The number of amides is 1. The van der Waals surface area contributed by atoms with Gasteiger partial charge in [-0.25, -0.2) is 12.8 Å². The second kappa shape index (κ2) is 9.96. The van der Waals surface area contributed by atoms with E-state index in [0.29, 0.717) is 21.3 Å². The molecule has 0 radical (unpaired) electrons. The van der Waals surface area contributed by atoms with E-state index in [4.69, 9.17) is 4.74 Å². The summed E-state index contributed by atoms with van der Waals surface area (Å²) in [5.41, 5.74) is 1.45. The van der Waals surface area contributed by atoms with Gasteiger partial charge in [-0.3, -0.25) is 19.5 Å². The molecule has 4 rings (SSSR count). The summed E-state index contributed by atoms with van der Waals surface area (Å²) in [6, 6.07) is 13.4. The fourth-order valence-corrected chi connectivity index (χ4v) is 5.15. The molecule has 180 valence electrons. The first kappa shape index (κ1) is 24.6. The number of benzene rings is 3. The SMILES string of the molecule is COc1cc(F)ccc1CN(C)C(=O)c1ccc(Br)cc1NS(=O)(=O)c1cccc2nccnc12. The van der Waals surface area contributed by atoms with Crippen LogP contribution in [0.1, 0.15) is 15.9 Å². The zero-order chi connectivity index (χ0) is 25.2. The number of methoxy groups -OCH3 is 1. The maximum atomic E-state index is 13.5. The van der Waals surface area contributed by atoms with Crippen LogP contribution >= 0.6 is 15.9 Å². The van der Waals surface area contributed by atoms with Crippen molar-refractivity contribution in [1.29, 1.82) is 0 Å². The first-order valence-electron chi connectivity index (χ1n) is 10.3. The fraction of sp³-hybridized carbons (Fsp3) is 0.125. The van der Waals surface area contributed by atoms with Gasteiger partial charge in [-0.05, 0) is 36.4 Å².